The molecule has 3 N–H and O–H groups in total. The molecule has 126 valence electrons. The number of nitrogens with zero attached hydrogens (tertiary/aromatic N) is 2. The molecule has 0 radical (unpaired) electrons. The molecule has 0 spiro atoms. The molecule has 0 bridgehead atoms. The Morgan fingerprint density at radius 1 is 1.25 bits per heavy atom. The molecule has 3 rings (SSSR count). The Kier molecular flexibility index (Phi) is 4.64. The molecule has 6 heteroatoms. The zero-order valence-electron chi connectivity index (χ0n) is 13.8. The molecule has 1 aromatic carbocycles. The number of aryl methyl sites for hydroxylation is 3. The first kappa shape index (κ1) is 16.2. The van der Waals surface area contributed by atoms with Crippen LogP contribution in [0, 0.1) is 0 Å². The first-order valence-corrected chi connectivity index (χ1v) is 8.34. The summed E-state index contributed by atoms with van der Waals surface area (Å²) in [6.45, 7) is 2.50. The summed E-state index contributed by atoms with van der Waals surface area (Å²) in [5.41, 5.74) is 9.51. The maximum absolute atomic E-state index is 12.3. The van der Waals surface area contributed by atoms with Crippen molar-refractivity contribution in [2.24, 2.45) is 5.73 Å². The van der Waals surface area contributed by atoms with Gasteiger partial charge in [-0.3, -0.25) is 14.3 Å². The minimum absolute atomic E-state index is 0.0932. The van der Waals surface area contributed by atoms with E-state index in [1.54, 1.807) is 10.9 Å². The van der Waals surface area contributed by atoms with Crippen LogP contribution in [0.15, 0.2) is 24.4 Å². The summed E-state index contributed by atoms with van der Waals surface area (Å²) < 4.78 is 1.58. The SMILES string of the molecule is CCn1cc(NC(=O)Cc2ccc3c(c2)CCCC3)c(C(N)=O)n1. The average molecular weight is 326 g/mol. The summed E-state index contributed by atoms with van der Waals surface area (Å²) in [5, 5.41) is 6.83. The smallest absolute Gasteiger partial charge is 0.271 e. The van der Waals surface area contributed by atoms with Gasteiger partial charge in [-0.1, -0.05) is 18.2 Å². The van der Waals surface area contributed by atoms with Crippen molar-refractivity contribution in [3.05, 3.63) is 46.8 Å². The van der Waals surface area contributed by atoms with Crippen LogP contribution in [0.1, 0.15) is 46.9 Å². The number of nitrogens with two attached hydrogens (primary N) is 1. The van der Waals surface area contributed by atoms with Crippen LogP contribution in [0.2, 0.25) is 0 Å². The van der Waals surface area contributed by atoms with Crippen LogP contribution < -0.4 is 11.1 Å². The van der Waals surface area contributed by atoms with Crippen LogP contribution in [0.3, 0.4) is 0 Å². The molecule has 0 aliphatic heterocycles. The molecule has 1 aliphatic carbocycles. The Labute approximate surface area is 141 Å². The van der Waals surface area contributed by atoms with Crippen molar-refractivity contribution in [2.75, 3.05) is 5.32 Å². The van der Waals surface area contributed by atoms with Gasteiger partial charge in [0, 0.05) is 12.7 Å². The Morgan fingerprint density at radius 3 is 2.71 bits per heavy atom. The monoisotopic (exact) mass is 326 g/mol. The number of carbonyl (C=O) groups excluding carboxylic acids is 2. The molecule has 0 saturated heterocycles. The van der Waals surface area contributed by atoms with E-state index in [0.29, 0.717) is 12.2 Å². The van der Waals surface area contributed by atoms with Crippen molar-refractivity contribution >= 4 is 17.5 Å². The van der Waals surface area contributed by atoms with Crippen LogP contribution in [0.25, 0.3) is 0 Å². The predicted octanol–water partition coefficient (Wildman–Crippen LogP) is 2.06. The van der Waals surface area contributed by atoms with E-state index in [2.05, 4.69) is 22.5 Å². The van der Waals surface area contributed by atoms with Gasteiger partial charge in [0.05, 0.1) is 12.1 Å². The van der Waals surface area contributed by atoms with Gasteiger partial charge in [-0.25, -0.2) is 0 Å². The van der Waals surface area contributed by atoms with E-state index in [-0.39, 0.29) is 18.0 Å². The minimum atomic E-state index is -0.647. The average Bonchev–Trinajstić information content (AvgIpc) is 2.98. The second kappa shape index (κ2) is 6.86. The Balaban J connectivity index is 1.72. The predicted molar refractivity (Wildman–Crippen MR) is 91.8 cm³/mol. The Morgan fingerprint density at radius 2 is 2.00 bits per heavy atom. The molecule has 1 aromatic heterocycles. The number of nitrogens with one attached hydrogen (secondary N) is 1. The number of primary amides is 1. The highest BCUT2D eigenvalue weighted by atomic mass is 16.2. The molecule has 6 nitrogen and oxygen atoms in total. The van der Waals surface area contributed by atoms with Crippen molar-refractivity contribution in [1.82, 2.24) is 9.78 Å². The lowest BCUT2D eigenvalue weighted by Gasteiger charge is -2.16. The van der Waals surface area contributed by atoms with Crippen LogP contribution in [0.4, 0.5) is 5.69 Å². The van der Waals surface area contributed by atoms with Gasteiger partial charge in [-0.15, -0.1) is 0 Å². The van der Waals surface area contributed by atoms with Gasteiger partial charge in [-0.05, 0) is 49.3 Å². The second-order valence-corrected chi connectivity index (χ2v) is 6.15. The van der Waals surface area contributed by atoms with Gasteiger partial charge < -0.3 is 11.1 Å². The summed E-state index contributed by atoms with van der Waals surface area (Å²) in [5.74, 6) is -0.824. The van der Waals surface area contributed by atoms with Crippen molar-refractivity contribution in [3.8, 4) is 0 Å². The molecule has 0 saturated carbocycles. The fourth-order valence-electron chi connectivity index (χ4n) is 3.13. The maximum Gasteiger partial charge on any atom is 0.271 e. The molecule has 1 aliphatic rings. The standard InChI is InChI=1S/C18H22N4O2/c1-2-22-11-15(17(21-22)18(19)24)20-16(23)10-12-7-8-13-5-3-4-6-14(13)9-12/h7-9,11H,2-6,10H2,1H3,(H2,19,24)(H,20,23). The number of hydrogen-bond acceptors (Lipinski definition) is 3. The van der Waals surface area contributed by atoms with Gasteiger partial charge in [0.1, 0.15) is 0 Å². The van der Waals surface area contributed by atoms with E-state index < -0.39 is 5.91 Å². The molecule has 2 aromatic rings. The normalized spacial score (nSPS) is 13.4. The first-order valence-electron chi connectivity index (χ1n) is 8.34. The van der Waals surface area contributed by atoms with E-state index in [1.807, 2.05) is 13.0 Å². The molecule has 1 heterocycles. The van der Waals surface area contributed by atoms with E-state index >= 15 is 0 Å². The van der Waals surface area contributed by atoms with Crippen molar-refractivity contribution in [3.63, 3.8) is 0 Å². The number of anilines is 1. The molecule has 0 fully saturated rings. The zero-order chi connectivity index (χ0) is 17.1. The number of aromatic nitrogens is 2. The molecular formula is C18H22N4O2. The van der Waals surface area contributed by atoms with E-state index in [0.717, 1.165) is 18.4 Å². The zero-order valence-corrected chi connectivity index (χ0v) is 13.8. The number of fused-ring (bicyclic) bond motifs is 1. The van der Waals surface area contributed by atoms with Crippen molar-refractivity contribution < 1.29 is 9.59 Å². The topological polar surface area (TPSA) is 90.0 Å². The second-order valence-electron chi connectivity index (χ2n) is 6.15. The Bertz CT molecular complexity index is 779. The van der Waals surface area contributed by atoms with Crippen LogP contribution in [0.5, 0.6) is 0 Å². The molecule has 0 atom stereocenters. The third-order valence-electron chi connectivity index (χ3n) is 4.37. The van der Waals surface area contributed by atoms with Crippen molar-refractivity contribution in [2.45, 2.75) is 45.6 Å². The van der Waals surface area contributed by atoms with Gasteiger partial charge >= 0.3 is 0 Å². The summed E-state index contributed by atoms with van der Waals surface area (Å²) in [7, 11) is 0. The lowest BCUT2D eigenvalue weighted by Crippen LogP contribution is -2.19. The largest absolute Gasteiger partial charge is 0.364 e. The fraction of sp³-hybridized carbons (Fsp3) is 0.389. The number of amides is 2. The lowest BCUT2D eigenvalue weighted by molar-refractivity contribution is -0.115. The highest BCUT2D eigenvalue weighted by Crippen LogP contribution is 2.22. The summed E-state index contributed by atoms with van der Waals surface area (Å²) in [6.07, 6.45) is 6.55. The van der Waals surface area contributed by atoms with Gasteiger partial charge in [0.15, 0.2) is 5.69 Å². The molecule has 2 amide bonds. The van der Waals surface area contributed by atoms with Crippen molar-refractivity contribution in [1.29, 1.82) is 0 Å². The number of hydrogen-bond donors (Lipinski definition) is 2. The molecular weight excluding hydrogens is 304 g/mol. The highest BCUT2D eigenvalue weighted by molar-refractivity contribution is 6.01. The number of benzene rings is 1. The maximum atomic E-state index is 12.3. The van der Waals surface area contributed by atoms with Crippen LogP contribution in [-0.2, 0) is 30.6 Å². The summed E-state index contributed by atoms with van der Waals surface area (Å²) in [6, 6.07) is 6.26. The first-order chi connectivity index (χ1) is 11.6. The quantitative estimate of drug-likeness (QED) is 0.881. The lowest BCUT2D eigenvalue weighted by atomic mass is 9.90. The van der Waals surface area contributed by atoms with E-state index in [1.165, 1.54) is 24.0 Å². The van der Waals surface area contributed by atoms with E-state index in [9.17, 15) is 9.59 Å². The van der Waals surface area contributed by atoms with Gasteiger partial charge in [-0.2, -0.15) is 5.10 Å². The third-order valence-corrected chi connectivity index (χ3v) is 4.37. The van der Waals surface area contributed by atoms with Crippen LogP contribution in [-0.4, -0.2) is 21.6 Å². The highest BCUT2D eigenvalue weighted by Gasteiger charge is 2.17. The fourth-order valence-corrected chi connectivity index (χ4v) is 3.13. The summed E-state index contributed by atoms with van der Waals surface area (Å²) in [4.78, 5) is 23.8. The molecule has 0 unspecified atom stereocenters. The summed E-state index contributed by atoms with van der Waals surface area (Å²) >= 11 is 0. The van der Waals surface area contributed by atoms with Gasteiger partial charge in [0.25, 0.3) is 5.91 Å². The van der Waals surface area contributed by atoms with Gasteiger partial charge in [0.2, 0.25) is 5.91 Å². The number of carbonyl (C=O) groups is 2. The van der Waals surface area contributed by atoms with Crippen LogP contribution >= 0.6 is 0 Å². The minimum Gasteiger partial charge on any atom is -0.364 e. The number of rotatable bonds is 5. The molecule has 24 heavy (non-hydrogen) atoms. The third kappa shape index (κ3) is 3.48. The Hall–Kier alpha value is -2.63. The van der Waals surface area contributed by atoms with E-state index in [4.69, 9.17) is 5.73 Å².